The molecular formula is C24H25ClN4O2S2. The molecular weight excluding hydrogens is 476 g/mol. The second-order valence-corrected chi connectivity index (χ2v) is 12.2. The first-order valence-corrected chi connectivity index (χ1v) is 13.9. The van der Waals surface area contributed by atoms with Crippen LogP contribution < -0.4 is 10.2 Å². The van der Waals surface area contributed by atoms with E-state index in [1.807, 2.05) is 12.1 Å². The molecule has 2 aliphatic heterocycles. The van der Waals surface area contributed by atoms with E-state index in [0.29, 0.717) is 17.5 Å². The van der Waals surface area contributed by atoms with E-state index in [0.717, 1.165) is 60.8 Å². The second-order valence-electron chi connectivity index (χ2n) is 9.14. The molecule has 6 nitrogen and oxygen atoms in total. The SMILES string of the molecule is O=[S@]1CCCc2nc(N3Cc4cc(-c5ccc(Cl)cc5)sc4C3)nc(NC3(CO)CCC3)c21. The molecule has 1 atom stereocenters. The van der Waals surface area contributed by atoms with Crippen molar-refractivity contribution in [3.05, 3.63) is 51.5 Å². The molecule has 2 aromatic heterocycles. The number of thiophene rings is 1. The van der Waals surface area contributed by atoms with E-state index in [1.165, 1.54) is 20.9 Å². The van der Waals surface area contributed by atoms with Gasteiger partial charge < -0.3 is 15.3 Å². The maximum absolute atomic E-state index is 12.9. The van der Waals surface area contributed by atoms with Crippen molar-refractivity contribution in [2.75, 3.05) is 22.6 Å². The number of benzene rings is 1. The summed E-state index contributed by atoms with van der Waals surface area (Å²) in [6, 6.07) is 10.2. The van der Waals surface area contributed by atoms with Crippen molar-refractivity contribution in [2.24, 2.45) is 0 Å². The van der Waals surface area contributed by atoms with Crippen LogP contribution in [0.3, 0.4) is 0 Å². The summed E-state index contributed by atoms with van der Waals surface area (Å²) in [5, 5.41) is 14.2. The van der Waals surface area contributed by atoms with E-state index in [-0.39, 0.29) is 12.1 Å². The third-order valence-corrected chi connectivity index (χ3v) is 9.90. The highest BCUT2D eigenvalue weighted by molar-refractivity contribution is 7.85. The smallest absolute Gasteiger partial charge is 0.228 e. The molecule has 1 aromatic carbocycles. The van der Waals surface area contributed by atoms with Gasteiger partial charge in [0, 0.05) is 27.1 Å². The number of nitrogens with one attached hydrogen (secondary N) is 1. The Balaban J connectivity index is 1.30. The number of hydrogen-bond acceptors (Lipinski definition) is 7. The molecule has 4 heterocycles. The minimum atomic E-state index is -1.10. The van der Waals surface area contributed by atoms with Crippen LogP contribution in [0.4, 0.5) is 11.8 Å². The number of aliphatic hydroxyl groups excluding tert-OH is 1. The van der Waals surface area contributed by atoms with Gasteiger partial charge in [-0.3, -0.25) is 4.21 Å². The number of hydrogen-bond donors (Lipinski definition) is 2. The summed E-state index contributed by atoms with van der Waals surface area (Å²) < 4.78 is 12.9. The van der Waals surface area contributed by atoms with Gasteiger partial charge in [-0.2, -0.15) is 4.98 Å². The van der Waals surface area contributed by atoms with E-state index in [4.69, 9.17) is 21.6 Å². The zero-order valence-electron chi connectivity index (χ0n) is 18.1. The van der Waals surface area contributed by atoms with Gasteiger partial charge in [0.05, 0.1) is 35.2 Å². The monoisotopic (exact) mass is 500 g/mol. The topological polar surface area (TPSA) is 78.4 Å². The van der Waals surface area contributed by atoms with Crippen LogP contribution in [-0.4, -0.2) is 37.2 Å². The highest BCUT2D eigenvalue weighted by Crippen LogP contribution is 2.41. The number of aromatic nitrogens is 2. The predicted molar refractivity (Wildman–Crippen MR) is 134 cm³/mol. The quantitative estimate of drug-likeness (QED) is 0.526. The van der Waals surface area contributed by atoms with Crippen LogP contribution in [0.5, 0.6) is 0 Å². The van der Waals surface area contributed by atoms with Gasteiger partial charge in [-0.1, -0.05) is 23.7 Å². The van der Waals surface area contributed by atoms with Crippen molar-refractivity contribution in [2.45, 2.75) is 55.6 Å². The molecule has 33 heavy (non-hydrogen) atoms. The normalized spacial score (nSPS) is 20.8. The summed E-state index contributed by atoms with van der Waals surface area (Å²) in [5.74, 6) is 1.98. The van der Waals surface area contributed by atoms with E-state index in [9.17, 15) is 9.32 Å². The number of rotatable bonds is 5. The standard InChI is InChI=1S/C24H25ClN4O2S2/c25-17-6-4-15(5-7-17)19-11-16-12-29(13-20(16)32-19)23-26-18-3-1-10-33(31)21(18)22(27-23)28-24(14-30)8-2-9-24/h4-7,11,30H,1-3,8-10,12-14H2,(H,26,27,28)/t33-/m0/s1. The van der Waals surface area contributed by atoms with Gasteiger partial charge in [-0.05, 0) is 61.4 Å². The van der Waals surface area contributed by atoms with Gasteiger partial charge in [0.15, 0.2) is 0 Å². The van der Waals surface area contributed by atoms with E-state index in [2.05, 4.69) is 28.4 Å². The minimum Gasteiger partial charge on any atom is -0.394 e. The highest BCUT2D eigenvalue weighted by atomic mass is 35.5. The molecule has 1 fully saturated rings. The van der Waals surface area contributed by atoms with E-state index in [1.54, 1.807) is 11.3 Å². The minimum absolute atomic E-state index is 0.0578. The molecule has 172 valence electrons. The maximum Gasteiger partial charge on any atom is 0.228 e. The van der Waals surface area contributed by atoms with Gasteiger partial charge in [0.1, 0.15) is 10.7 Å². The first kappa shape index (κ1) is 21.5. The van der Waals surface area contributed by atoms with Crippen molar-refractivity contribution in [3.8, 4) is 10.4 Å². The van der Waals surface area contributed by atoms with Gasteiger partial charge in [-0.15, -0.1) is 11.3 Å². The molecule has 3 aliphatic rings. The van der Waals surface area contributed by atoms with Gasteiger partial charge in [-0.25, -0.2) is 4.98 Å². The van der Waals surface area contributed by atoms with Gasteiger partial charge in [0.25, 0.3) is 0 Å². The lowest BCUT2D eigenvalue weighted by Gasteiger charge is -2.42. The Morgan fingerprint density at radius 1 is 1.18 bits per heavy atom. The predicted octanol–water partition coefficient (Wildman–Crippen LogP) is 4.76. The molecule has 0 saturated heterocycles. The molecule has 3 aromatic rings. The molecule has 0 bridgehead atoms. The lowest BCUT2D eigenvalue weighted by atomic mass is 9.77. The molecule has 1 saturated carbocycles. The summed E-state index contributed by atoms with van der Waals surface area (Å²) in [5.41, 5.74) is 3.02. The van der Waals surface area contributed by atoms with Crippen molar-refractivity contribution in [1.29, 1.82) is 0 Å². The second kappa shape index (κ2) is 8.34. The first-order chi connectivity index (χ1) is 16.0. The number of halogens is 1. The summed E-state index contributed by atoms with van der Waals surface area (Å²) in [4.78, 5) is 15.2. The average molecular weight is 501 g/mol. The first-order valence-electron chi connectivity index (χ1n) is 11.3. The molecule has 0 amide bonds. The Morgan fingerprint density at radius 3 is 2.70 bits per heavy atom. The molecule has 9 heteroatoms. The van der Waals surface area contributed by atoms with Crippen LogP contribution in [0.15, 0.2) is 35.2 Å². The van der Waals surface area contributed by atoms with Crippen LogP contribution >= 0.6 is 22.9 Å². The van der Waals surface area contributed by atoms with E-state index >= 15 is 0 Å². The highest BCUT2D eigenvalue weighted by Gasteiger charge is 2.39. The summed E-state index contributed by atoms with van der Waals surface area (Å²) >= 11 is 7.84. The number of nitrogens with zero attached hydrogens (tertiary/aromatic N) is 3. The molecule has 6 rings (SSSR count). The van der Waals surface area contributed by atoms with Gasteiger partial charge >= 0.3 is 0 Å². The Hall–Kier alpha value is -2.00. The third-order valence-electron chi connectivity index (χ3n) is 6.90. The molecule has 2 N–H and O–H groups in total. The third kappa shape index (κ3) is 3.87. The lowest BCUT2D eigenvalue weighted by molar-refractivity contribution is 0.143. The van der Waals surface area contributed by atoms with E-state index < -0.39 is 10.8 Å². The summed E-state index contributed by atoms with van der Waals surface area (Å²) in [7, 11) is -1.10. The van der Waals surface area contributed by atoms with Crippen molar-refractivity contribution in [3.63, 3.8) is 0 Å². The average Bonchev–Trinajstić information content (AvgIpc) is 3.36. The largest absolute Gasteiger partial charge is 0.394 e. The maximum atomic E-state index is 12.9. The van der Waals surface area contributed by atoms with Crippen molar-refractivity contribution >= 4 is 45.5 Å². The van der Waals surface area contributed by atoms with Crippen LogP contribution in [0.2, 0.25) is 5.02 Å². The molecule has 1 aliphatic carbocycles. The zero-order valence-corrected chi connectivity index (χ0v) is 20.5. The van der Waals surface area contributed by atoms with Crippen LogP contribution in [0, 0.1) is 0 Å². The fraction of sp³-hybridized carbons (Fsp3) is 0.417. The Kier molecular flexibility index (Phi) is 5.44. The summed E-state index contributed by atoms with van der Waals surface area (Å²) in [6.45, 7) is 1.58. The Morgan fingerprint density at radius 2 is 2.00 bits per heavy atom. The zero-order chi connectivity index (χ0) is 22.6. The number of aliphatic hydroxyl groups is 1. The van der Waals surface area contributed by atoms with Crippen LogP contribution in [0.25, 0.3) is 10.4 Å². The van der Waals surface area contributed by atoms with Crippen molar-refractivity contribution < 1.29 is 9.32 Å². The summed E-state index contributed by atoms with van der Waals surface area (Å²) in [6.07, 6.45) is 4.57. The van der Waals surface area contributed by atoms with Crippen LogP contribution in [0.1, 0.15) is 41.8 Å². The molecule has 0 radical (unpaired) electrons. The Bertz CT molecular complexity index is 1210. The number of fused-ring (bicyclic) bond motifs is 2. The van der Waals surface area contributed by atoms with Gasteiger partial charge in [0.2, 0.25) is 5.95 Å². The lowest BCUT2D eigenvalue weighted by Crippen LogP contribution is -2.49. The fourth-order valence-corrected chi connectivity index (χ4v) is 7.49. The number of aryl methyl sites for hydroxylation is 1. The van der Waals surface area contributed by atoms with Crippen LogP contribution in [-0.2, 0) is 30.3 Å². The number of anilines is 2. The fourth-order valence-electron chi connectivity index (χ4n) is 4.84. The Labute approximate surface area is 204 Å². The molecule has 0 unspecified atom stereocenters. The van der Waals surface area contributed by atoms with Crippen molar-refractivity contribution in [1.82, 2.24) is 9.97 Å². The molecule has 0 spiro atoms.